The first kappa shape index (κ1) is 15.0. The van der Waals surface area contributed by atoms with Gasteiger partial charge in [0, 0.05) is 20.9 Å². The summed E-state index contributed by atoms with van der Waals surface area (Å²) in [4.78, 5) is 0.0991. The summed E-state index contributed by atoms with van der Waals surface area (Å²) in [6, 6.07) is 11.6. The maximum Gasteiger partial charge on any atom is 0.162 e. The molecular weight excluding hydrogens is 375 g/mol. The fourth-order valence-corrected chi connectivity index (χ4v) is 3.55. The van der Waals surface area contributed by atoms with Crippen molar-refractivity contribution in [1.82, 2.24) is 0 Å². The normalized spacial score (nSPS) is 14.8. The van der Waals surface area contributed by atoms with Crippen LogP contribution < -0.4 is 9.47 Å². The molecule has 0 saturated heterocycles. The molecule has 0 saturated carbocycles. The molecule has 0 amide bonds. The van der Waals surface area contributed by atoms with Gasteiger partial charge in [0.1, 0.15) is 13.2 Å². The van der Waals surface area contributed by atoms with E-state index in [0.717, 1.165) is 22.8 Å². The van der Waals surface area contributed by atoms with E-state index in [2.05, 4.69) is 15.9 Å². The summed E-state index contributed by atoms with van der Waals surface area (Å²) in [7, 11) is 0. The van der Waals surface area contributed by atoms with Crippen LogP contribution in [-0.2, 0) is 6.42 Å². The maximum atomic E-state index is 6.36. The first-order valence-corrected chi connectivity index (χ1v) is 8.28. The van der Waals surface area contributed by atoms with Crippen molar-refractivity contribution in [3.05, 3.63) is 57.6 Å². The maximum absolute atomic E-state index is 6.36. The summed E-state index contributed by atoms with van der Waals surface area (Å²) in [6.07, 6.45) is 0.816. The molecule has 3 rings (SSSR count). The fraction of sp³-hybridized carbons (Fsp3) is 0.250. The minimum absolute atomic E-state index is 0.0991. The summed E-state index contributed by atoms with van der Waals surface area (Å²) in [5, 5.41) is 1.41. The Morgan fingerprint density at radius 2 is 1.62 bits per heavy atom. The molecule has 0 aromatic heterocycles. The lowest BCUT2D eigenvalue weighted by atomic mass is 10.0. The third kappa shape index (κ3) is 3.47. The summed E-state index contributed by atoms with van der Waals surface area (Å²) >= 11 is 16.0. The molecule has 1 heterocycles. The Bertz CT molecular complexity index is 643. The number of rotatable bonds is 3. The van der Waals surface area contributed by atoms with Crippen molar-refractivity contribution >= 4 is 39.1 Å². The van der Waals surface area contributed by atoms with E-state index in [9.17, 15) is 0 Å². The van der Waals surface area contributed by atoms with Crippen LogP contribution in [0.15, 0.2) is 36.4 Å². The van der Waals surface area contributed by atoms with E-state index < -0.39 is 0 Å². The zero-order valence-electron chi connectivity index (χ0n) is 11.1. The first-order chi connectivity index (χ1) is 10.1. The second-order valence-corrected chi connectivity index (χ2v) is 6.76. The second-order valence-electron chi connectivity index (χ2n) is 4.82. The predicted molar refractivity (Wildman–Crippen MR) is 89.3 cm³/mol. The van der Waals surface area contributed by atoms with Crippen LogP contribution in [0.5, 0.6) is 11.5 Å². The number of hydrogen-bond donors (Lipinski definition) is 0. The van der Waals surface area contributed by atoms with Crippen molar-refractivity contribution < 1.29 is 9.47 Å². The van der Waals surface area contributed by atoms with Gasteiger partial charge in [0.05, 0.1) is 0 Å². The molecule has 0 radical (unpaired) electrons. The van der Waals surface area contributed by atoms with E-state index in [4.69, 9.17) is 32.7 Å². The third-order valence-corrected chi connectivity index (χ3v) is 4.72. The molecule has 1 aliphatic heterocycles. The van der Waals surface area contributed by atoms with Gasteiger partial charge >= 0.3 is 0 Å². The highest BCUT2D eigenvalue weighted by Crippen LogP contribution is 2.41. The molecule has 0 spiro atoms. The second kappa shape index (κ2) is 6.47. The van der Waals surface area contributed by atoms with Gasteiger partial charge in [-0.25, -0.2) is 0 Å². The van der Waals surface area contributed by atoms with Gasteiger partial charge in [0.25, 0.3) is 0 Å². The number of ether oxygens (including phenoxy) is 2. The molecule has 2 aromatic rings. The Kier molecular flexibility index (Phi) is 4.63. The van der Waals surface area contributed by atoms with Crippen LogP contribution in [0.4, 0.5) is 0 Å². The number of benzene rings is 2. The Morgan fingerprint density at radius 3 is 2.29 bits per heavy atom. The quantitative estimate of drug-likeness (QED) is 0.652. The van der Waals surface area contributed by atoms with Gasteiger partial charge in [-0.15, -0.1) is 0 Å². The fourth-order valence-electron chi connectivity index (χ4n) is 2.26. The largest absolute Gasteiger partial charge is 0.486 e. The van der Waals surface area contributed by atoms with Crippen molar-refractivity contribution in [3.63, 3.8) is 0 Å². The van der Waals surface area contributed by atoms with Crippen LogP contribution in [0, 0.1) is 0 Å². The van der Waals surface area contributed by atoms with Crippen LogP contribution in [-0.4, -0.2) is 13.2 Å². The SMILES string of the molecule is Clc1ccc(CC(Br)c2cc3c(cc2Cl)OCCO3)cc1. The zero-order chi connectivity index (χ0) is 14.8. The zero-order valence-corrected chi connectivity index (χ0v) is 14.2. The van der Waals surface area contributed by atoms with Gasteiger partial charge in [-0.3, -0.25) is 0 Å². The summed E-state index contributed by atoms with van der Waals surface area (Å²) in [5.41, 5.74) is 2.18. The van der Waals surface area contributed by atoms with Gasteiger partial charge in [-0.05, 0) is 35.7 Å². The lowest BCUT2D eigenvalue weighted by molar-refractivity contribution is 0.171. The Hall–Kier alpha value is -0.900. The van der Waals surface area contributed by atoms with E-state index in [1.165, 1.54) is 5.56 Å². The van der Waals surface area contributed by atoms with E-state index in [1.54, 1.807) is 0 Å². The molecule has 0 bridgehead atoms. The highest BCUT2D eigenvalue weighted by atomic mass is 79.9. The molecule has 110 valence electrons. The molecular formula is C16H13BrCl2O2. The van der Waals surface area contributed by atoms with E-state index in [0.29, 0.717) is 24.0 Å². The molecule has 2 nitrogen and oxygen atoms in total. The average Bonchev–Trinajstić information content (AvgIpc) is 2.49. The minimum Gasteiger partial charge on any atom is -0.486 e. The molecule has 0 aliphatic carbocycles. The summed E-state index contributed by atoms with van der Waals surface area (Å²) < 4.78 is 11.1. The Morgan fingerprint density at radius 1 is 1.00 bits per heavy atom. The predicted octanol–water partition coefficient (Wildman–Crippen LogP) is 5.44. The number of alkyl halides is 1. The first-order valence-electron chi connectivity index (χ1n) is 6.61. The van der Waals surface area contributed by atoms with Crippen LogP contribution in [0.25, 0.3) is 0 Å². The van der Waals surface area contributed by atoms with Crippen LogP contribution >= 0.6 is 39.1 Å². The van der Waals surface area contributed by atoms with Crippen LogP contribution in [0.2, 0.25) is 10.0 Å². The Balaban J connectivity index is 1.83. The average molecular weight is 388 g/mol. The summed E-state index contributed by atoms with van der Waals surface area (Å²) in [6.45, 7) is 1.13. The monoisotopic (exact) mass is 386 g/mol. The smallest absolute Gasteiger partial charge is 0.162 e. The number of halogens is 3. The van der Waals surface area contributed by atoms with Gasteiger partial charge in [-0.2, -0.15) is 0 Å². The lowest BCUT2D eigenvalue weighted by Crippen LogP contribution is -2.15. The van der Waals surface area contributed by atoms with Gasteiger partial charge < -0.3 is 9.47 Å². The van der Waals surface area contributed by atoms with Crippen LogP contribution in [0.3, 0.4) is 0 Å². The lowest BCUT2D eigenvalue weighted by Gasteiger charge is -2.21. The van der Waals surface area contributed by atoms with Crippen molar-refractivity contribution in [1.29, 1.82) is 0 Å². The van der Waals surface area contributed by atoms with E-state index in [1.807, 2.05) is 36.4 Å². The molecule has 1 unspecified atom stereocenters. The molecule has 5 heteroatoms. The standard InChI is InChI=1S/C16H13BrCl2O2/c17-13(7-10-1-3-11(18)4-2-10)12-8-15-16(9-14(12)19)21-6-5-20-15/h1-4,8-9,13H,5-7H2. The molecule has 2 aromatic carbocycles. The van der Waals surface area contributed by atoms with E-state index >= 15 is 0 Å². The highest BCUT2D eigenvalue weighted by Gasteiger charge is 2.19. The van der Waals surface area contributed by atoms with Gasteiger partial charge in [0.15, 0.2) is 11.5 Å². The highest BCUT2D eigenvalue weighted by molar-refractivity contribution is 9.09. The van der Waals surface area contributed by atoms with E-state index in [-0.39, 0.29) is 4.83 Å². The van der Waals surface area contributed by atoms with Gasteiger partial charge in [0.2, 0.25) is 0 Å². The molecule has 0 N–H and O–H groups in total. The van der Waals surface area contributed by atoms with Crippen molar-refractivity contribution in [2.24, 2.45) is 0 Å². The Labute approximate surface area is 142 Å². The van der Waals surface area contributed by atoms with Crippen molar-refractivity contribution in [2.75, 3.05) is 13.2 Å². The number of fused-ring (bicyclic) bond motifs is 1. The third-order valence-electron chi connectivity index (χ3n) is 3.33. The topological polar surface area (TPSA) is 18.5 Å². The van der Waals surface area contributed by atoms with Crippen molar-refractivity contribution in [2.45, 2.75) is 11.2 Å². The minimum atomic E-state index is 0.0991. The molecule has 1 aliphatic rings. The summed E-state index contributed by atoms with van der Waals surface area (Å²) in [5.74, 6) is 1.46. The molecule has 0 fully saturated rings. The molecule has 1 atom stereocenters. The number of hydrogen-bond acceptors (Lipinski definition) is 2. The van der Waals surface area contributed by atoms with Gasteiger partial charge in [-0.1, -0.05) is 51.3 Å². The molecule has 21 heavy (non-hydrogen) atoms. The van der Waals surface area contributed by atoms with Crippen LogP contribution in [0.1, 0.15) is 16.0 Å². The van der Waals surface area contributed by atoms with Crippen molar-refractivity contribution in [3.8, 4) is 11.5 Å².